The van der Waals surface area contributed by atoms with Gasteiger partial charge in [-0.15, -0.1) is 0 Å². The molecule has 0 fully saturated rings. The van der Waals surface area contributed by atoms with Gasteiger partial charge in [-0.3, -0.25) is 4.68 Å². The number of hydrogen-bond donors (Lipinski definition) is 1. The number of anilines is 1. The standard InChI is InChI=1S/C15H14F3N3O3S.C2H6.CH3.Y/c1-9-5-3-4-6-10(9)13-12(22)11-7-19-20(2)14(11)21(25(13,23)24)8-15(16,17)18;1-2;;/h3-7,22H,8H2,1-2H3;1-2H3;1H3;/q;;-1;. The quantitative estimate of drug-likeness (QED) is 0.616. The van der Waals surface area contributed by atoms with Gasteiger partial charge in [0.2, 0.25) is 0 Å². The predicted molar refractivity (Wildman–Crippen MR) is 104 cm³/mol. The molecule has 1 aliphatic heterocycles. The third-order valence-corrected chi connectivity index (χ3v) is 5.69. The fourth-order valence-electron chi connectivity index (χ4n) is 2.78. The number of benzene rings is 1. The third kappa shape index (κ3) is 5.21. The molecule has 11 heteroatoms. The van der Waals surface area contributed by atoms with Crippen LogP contribution in [0.3, 0.4) is 0 Å². The molecule has 0 saturated heterocycles. The molecule has 1 aromatic heterocycles. The van der Waals surface area contributed by atoms with Crippen molar-refractivity contribution < 1.29 is 59.4 Å². The Hall–Kier alpha value is -1.39. The number of rotatable bonds is 2. The number of nitrogens with zero attached hydrogens (tertiary/aromatic N) is 3. The monoisotopic (exact) mass is 507 g/mol. The molecule has 1 N–H and O–H groups in total. The Bertz CT molecular complexity index is 986. The van der Waals surface area contributed by atoms with Crippen LogP contribution in [-0.4, -0.2) is 36.0 Å². The van der Waals surface area contributed by atoms with E-state index < -0.39 is 33.4 Å². The van der Waals surface area contributed by atoms with E-state index in [0.717, 1.165) is 10.9 Å². The first-order valence-corrected chi connectivity index (χ1v) is 9.59. The number of hydrogen-bond acceptors (Lipinski definition) is 4. The SMILES string of the molecule is CC.Cc1ccccc1C1=C(O)c2cnn(C)c2N(CC(F)(F)F)S1(=O)=O.[CH3-].[Y]. The maximum absolute atomic E-state index is 13.0. The Morgan fingerprint density at radius 2 is 1.69 bits per heavy atom. The molecular weight excluding hydrogens is 484 g/mol. The summed E-state index contributed by atoms with van der Waals surface area (Å²) in [5.41, 5.74) is 0.577. The largest absolute Gasteiger partial charge is 0.506 e. The first-order valence-electron chi connectivity index (χ1n) is 8.15. The van der Waals surface area contributed by atoms with Gasteiger partial charge in [-0.1, -0.05) is 38.1 Å². The van der Waals surface area contributed by atoms with Crippen LogP contribution in [0.2, 0.25) is 0 Å². The molecule has 0 atom stereocenters. The van der Waals surface area contributed by atoms with Crippen molar-refractivity contribution in [3.63, 3.8) is 0 Å². The van der Waals surface area contributed by atoms with Crippen LogP contribution in [0, 0.1) is 14.4 Å². The van der Waals surface area contributed by atoms with E-state index in [9.17, 15) is 26.7 Å². The van der Waals surface area contributed by atoms with Crippen molar-refractivity contribution in [1.82, 2.24) is 9.78 Å². The molecule has 1 aliphatic rings. The second-order valence-electron chi connectivity index (χ2n) is 5.62. The van der Waals surface area contributed by atoms with Gasteiger partial charge in [-0.05, 0) is 12.5 Å². The molecule has 1 aromatic carbocycles. The van der Waals surface area contributed by atoms with E-state index in [-0.39, 0.29) is 61.4 Å². The van der Waals surface area contributed by atoms with Crippen molar-refractivity contribution >= 4 is 26.5 Å². The van der Waals surface area contributed by atoms with Gasteiger partial charge in [0.25, 0.3) is 10.0 Å². The molecule has 3 rings (SSSR count). The summed E-state index contributed by atoms with van der Waals surface area (Å²) in [5.74, 6) is -0.942. The summed E-state index contributed by atoms with van der Waals surface area (Å²) >= 11 is 0. The van der Waals surface area contributed by atoms with Crippen molar-refractivity contribution in [2.75, 3.05) is 10.8 Å². The molecule has 6 nitrogen and oxygen atoms in total. The summed E-state index contributed by atoms with van der Waals surface area (Å²) in [6.45, 7) is 3.89. The summed E-state index contributed by atoms with van der Waals surface area (Å²) in [4.78, 5) is -0.560. The molecule has 2 heterocycles. The zero-order chi connectivity index (χ0) is 20.6. The van der Waals surface area contributed by atoms with E-state index in [0.29, 0.717) is 5.56 Å². The maximum atomic E-state index is 13.0. The molecule has 159 valence electrons. The zero-order valence-corrected chi connectivity index (χ0v) is 20.5. The van der Waals surface area contributed by atoms with Gasteiger partial charge < -0.3 is 12.5 Å². The van der Waals surface area contributed by atoms with Gasteiger partial charge in [0.15, 0.2) is 5.82 Å². The molecule has 0 spiro atoms. The second-order valence-corrected chi connectivity index (χ2v) is 7.42. The van der Waals surface area contributed by atoms with E-state index in [1.165, 1.54) is 13.1 Å². The number of aliphatic hydroxyl groups excluding tert-OH is 1. The van der Waals surface area contributed by atoms with Gasteiger partial charge in [-0.25, -0.2) is 12.7 Å². The van der Waals surface area contributed by atoms with Gasteiger partial charge in [0.05, 0.1) is 11.8 Å². The van der Waals surface area contributed by atoms with E-state index >= 15 is 0 Å². The van der Waals surface area contributed by atoms with E-state index in [1.807, 2.05) is 13.8 Å². The van der Waals surface area contributed by atoms with Gasteiger partial charge in [0.1, 0.15) is 17.2 Å². The van der Waals surface area contributed by atoms with Crippen LogP contribution >= 0.6 is 0 Å². The number of halogens is 3. The number of aryl methyl sites for hydroxylation is 2. The molecule has 0 amide bonds. The van der Waals surface area contributed by atoms with Crippen molar-refractivity contribution in [3.05, 3.63) is 54.6 Å². The molecular formula is C18H23F3N3O3SY-. The van der Waals surface area contributed by atoms with Crippen LogP contribution in [0.1, 0.15) is 30.5 Å². The van der Waals surface area contributed by atoms with Crippen LogP contribution in [0.4, 0.5) is 19.0 Å². The first kappa shape index (κ1) is 27.6. The molecule has 0 aliphatic carbocycles. The summed E-state index contributed by atoms with van der Waals surface area (Å²) in [6.07, 6.45) is -3.63. The number of sulfonamides is 1. The first-order chi connectivity index (χ1) is 12.5. The maximum Gasteiger partial charge on any atom is 0.407 e. The number of alkyl halides is 3. The third-order valence-electron chi connectivity index (χ3n) is 3.87. The Morgan fingerprint density at radius 1 is 1.14 bits per heavy atom. The fraction of sp³-hybridized carbons (Fsp3) is 0.333. The summed E-state index contributed by atoms with van der Waals surface area (Å²) in [7, 11) is -3.34. The number of aromatic nitrogens is 2. The Labute approximate surface area is 194 Å². The molecule has 0 saturated carbocycles. The van der Waals surface area contributed by atoms with E-state index in [1.54, 1.807) is 25.1 Å². The molecule has 0 bridgehead atoms. The Kier molecular flexibility index (Phi) is 9.60. The van der Waals surface area contributed by atoms with Crippen LogP contribution < -0.4 is 4.31 Å². The Balaban J connectivity index is 0.00000190. The van der Waals surface area contributed by atoms with Crippen LogP contribution in [0.15, 0.2) is 30.5 Å². The van der Waals surface area contributed by atoms with Crippen molar-refractivity contribution in [2.24, 2.45) is 7.05 Å². The topological polar surface area (TPSA) is 75.4 Å². The average Bonchev–Trinajstić information content (AvgIpc) is 2.96. The average molecular weight is 507 g/mol. The molecule has 2 aromatic rings. The molecule has 1 radical (unpaired) electrons. The summed E-state index contributed by atoms with van der Waals surface area (Å²) in [5, 5.41) is 14.3. The van der Waals surface area contributed by atoms with Crippen LogP contribution in [0.5, 0.6) is 0 Å². The molecule has 0 unspecified atom stereocenters. The van der Waals surface area contributed by atoms with E-state index in [4.69, 9.17) is 0 Å². The fourth-order valence-corrected chi connectivity index (χ4v) is 4.62. The van der Waals surface area contributed by atoms with E-state index in [2.05, 4.69) is 5.10 Å². The van der Waals surface area contributed by atoms with Crippen LogP contribution in [-0.2, 0) is 49.8 Å². The van der Waals surface area contributed by atoms with Gasteiger partial charge >= 0.3 is 6.18 Å². The van der Waals surface area contributed by atoms with Crippen molar-refractivity contribution in [3.8, 4) is 0 Å². The molecule has 29 heavy (non-hydrogen) atoms. The van der Waals surface area contributed by atoms with Crippen LogP contribution in [0.25, 0.3) is 10.7 Å². The summed E-state index contributed by atoms with van der Waals surface area (Å²) < 4.78 is 66.1. The minimum Gasteiger partial charge on any atom is -0.506 e. The predicted octanol–water partition coefficient (Wildman–Crippen LogP) is 4.30. The minimum atomic E-state index is -4.77. The van der Waals surface area contributed by atoms with Gasteiger partial charge in [-0.2, -0.15) is 18.3 Å². The van der Waals surface area contributed by atoms with Crippen molar-refractivity contribution in [1.29, 1.82) is 0 Å². The Morgan fingerprint density at radius 3 is 2.21 bits per heavy atom. The second kappa shape index (κ2) is 10.1. The summed E-state index contributed by atoms with van der Waals surface area (Å²) in [6, 6.07) is 6.25. The number of aliphatic hydroxyl groups is 1. The van der Waals surface area contributed by atoms with Crippen molar-refractivity contribution in [2.45, 2.75) is 26.9 Å². The minimum absolute atomic E-state index is 0. The van der Waals surface area contributed by atoms with Gasteiger partial charge in [0, 0.05) is 45.3 Å². The number of fused-ring (bicyclic) bond motifs is 1. The normalized spacial score (nSPS) is 14.8. The smallest absolute Gasteiger partial charge is 0.407 e. The zero-order valence-electron chi connectivity index (χ0n) is 16.8.